The van der Waals surface area contributed by atoms with Gasteiger partial charge in [-0.2, -0.15) is 0 Å². The minimum Gasteiger partial charge on any atom is -0.343 e. The van der Waals surface area contributed by atoms with Gasteiger partial charge in [0.15, 0.2) is 5.11 Å². The van der Waals surface area contributed by atoms with E-state index in [1.165, 1.54) is 0 Å². The van der Waals surface area contributed by atoms with Crippen molar-refractivity contribution in [2.24, 2.45) is 0 Å². The van der Waals surface area contributed by atoms with Crippen molar-refractivity contribution in [1.29, 1.82) is 0 Å². The molecular formula is C5H5Cl6N3S. The maximum Gasteiger partial charge on any atom is 0.223 e. The summed E-state index contributed by atoms with van der Waals surface area (Å²) in [6.45, 7) is 0. The highest BCUT2D eigenvalue weighted by Crippen LogP contribution is 2.34. The van der Waals surface area contributed by atoms with Gasteiger partial charge in [-0.15, -0.1) is 0 Å². The van der Waals surface area contributed by atoms with Crippen molar-refractivity contribution in [2.75, 3.05) is 0 Å². The number of halogens is 6. The summed E-state index contributed by atoms with van der Waals surface area (Å²) < 4.78 is -3.22. The van der Waals surface area contributed by atoms with Crippen LogP contribution < -0.4 is 16.0 Å². The summed E-state index contributed by atoms with van der Waals surface area (Å²) in [7, 11) is 0. The summed E-state index contributed by atoms with van der Waals surface area (Å²) in [6.07, 6.45) is -1.48. The lowest BCUT2D eigenvalue weighted by Gasteiger charge is -2.40. The number of thiocarbonyl (C=S) groups is 1. The number of rotatable bonds is 0. The lowest BCUT2D eigenvalue weighted by molar-refractivity contribution is 0.359. The highest BCUT2D eigenvalue weighted by atomic mass is 35.6. The Morgan fingerprint density at radius 3 is 1.47 bits per heavy atom. The van der Waals surface area contributed by atoms with Crippen LogP contribution in [0.2, 0.25) is 0 Å². The molecule has 0 bridgehead atoms. The van der Waals surface area contributed by atoms with E-state index in [4.69, 9.17) is 81.8 Å². The Bertz CT molecular complexity index is 236. The van der Waals surface area contributed by atoms with E-state index in [-0.39, 0.29) is 5.11 Å². The zero-order valence-electron chi connectivity index (χ0n) is 6.83. The highest BCUT2D eigenvalue weighted by Gasteiger charge is 2.43. The van der Waals surface area contributed by atoms with Crippen LogP contribution in [-0.4, -0.2) is 25.0 Å². The summed E-state index contributed by atoms with van der Waals surface area (Å²) in [6, 6.07) is 0. The molecule has 1 fully saturated rings. The lowest BCUT2D eigenvalue weighted by Crippen LogP contribution is -2.71. The molecule has 2 unspecified atom stereocenters. The molecule has 0 aromatic rings. The van der Waals surface area contributed by atoms with Crippen molar-refractivity contribution in [1.82, 2.24) is 16.0 Å². The van der Waals surface area contributed by atoms with Gasteiger partial charge in [0.25, 0.3) is 0 Å². The van der Waals surface area contributed by atoms with Crippen molar-refractivity contribution in [3.05, 3.63) is 0 Å². The Morgan fingerprint density at radius 2 is 1.20 bits per heavy atom. The van der Waals surface area contributed by atoms with Gasteiger partial charge in [-0.25, -0.2) is 0 Å². The van der Waals surface area contributed by atoms with Crippen molar-refractivity contribution in [3.8, 4) is 0 Å². The molecule has 2 atom stereocenters. The van der Waals surface area contributed by atoms with Crippen molar-refractivity contribution >= 4 is 86.9 Å². The van der Waals surface area contributed by atoms with Gasteiger partial charge in [0.2, 0.25) is 7.59 Å². The molecule has 3 N–H and O–H groups in total. The molecule has 1 aliphatic heterocycles. The van der Waals surface area contributed by atoms with Crippen LogP contribution in [0.25, 0.3) is 0 Å². The van der Waals surface area contributed by atoms with Gasteiger partial charge in [-0.3, -0.25) is 5.32 Å². The zero-order valence-corrected chi connectivity index (χ0v) is 12.2. The second-order valence-corrected chi connectivity index (χ2v) is 7.88. The Balaban J connectivity index is 2.77. The first-order valence-corrected chi connectivity index (χ1v) is 6.25. The lowest BCUT2D eigenvalue weighted by atomic mass is 10.4. The minimum atomic E-state index is -1.61. The summed E-state index contributed by atoms with van der Waals surface area (Å²) >= 11 is 39.0. The molecule has 0 aliphatic carbocycles. The molecule has 15 heavy (non-hydrogen) atoms. The van der Waals surface area contributed by atoms with Crippen molar-refractivity contribution < 1.29 is 0 Å². The first-order chi connectivity index (χ1) is 6.60. The van der Waals surface area contributed by atoms with E-state index in [0.717, 1.165) is 0 Å². The monoisotopic (exact) mass is 349 g/mol. The summed E-state index contributed by atoms with van der Waals surface area (Å²) in [4.78, 5) is 0. The Hall–Kier alpha value is 1.39. The highest BCUT2D eigenvalue weighted by molar-refractivity contribution is 7.80. The normalized spacial score (nSPS) is 28.3. The predicted molar refractivity (Wildman–Crippen MR) is 70.2 cm³/mol. The van der Waals surface area contributed by atoms with Crippen LogP contribution in [0.4, 0.5) is 0 Å². The van der Waals surface area contributed by atoms with E-state index < -0.39 is 19.9 Å². The molecule has 0 amide bonds. The predicted octanol–water partition coefficient (Wildman–Crippen LogP) is 2.45. The molecule has 1 rings (SSSR count). The molecule has 1 saturated heterocycles. The molecular weight excluding hydrogens is 347 g/mol. The average Bonchev–Trinajstić information content (AvgIpc) is 1.99. The van der Waals surface area contributed by atoms with Gasteiger partial charge < -0.3 is 10.6 Å². The third-order valence-corrected chi connectivity index (χ3v) is 3.08. The van der Waals surface area contributed by atoms with Crippen molar-refractivity contribution in [2.45, 2.75) is 19.9 Å². The standard InChI is InChI=1S/C5H5Cl6N3S/c6-4(7,8)1-12-2(5(9,10)11)14-3(15)13-1/h1-2,12H,(H2,13,14,15). The summed E-state index contributed by atoms with van der Waals surface area (Å²) in [5.74, 6) is 0. The number of hydrogen-bond donors (Lipinski definition) is 3. The first-order valence-electron chi connectivity index (χ1n) is 3.57. The quantitative estimate of drug-likeness (QED) is 0.463. The van der Waals surface area contributed by atoms with Gasteiger partial charge in [0.1, 0.15) is 12.3 Å². The third-order valence-electron chi connectivity index (χ3n) is 1.54. The minimum absolute atomic E-state index is 0.237. The van der Waals surface area contributed by atoms with E-state index in [0.29, 0.717) is 0 Å². The topological polar surface area (TPSA) is 36.1 Å². The molecule has 0 saturated carbocycles. The molecule has 3 nitrogen and oxygen atoms in total. The van der Waals surface area contributed by atoms with Crippen LogP contribution in [0.1, 0.15) is 0 Å². The van der Waals surface area contributed by atoms with E-state index in [1.807, 2.05) is 0 Å². The summed E-state index contributed by atoms with van der Waals surface area (Å²) in [5, 5.41) is 8.39. The molecule has 1 heterocycles. The molecule has 1 aliphatic rings. The van der Waals surface area contributed by atoms with E-state index in [9.17, 15) is 0 Å². The Morgan fingerprint density at radius 1 is 0.867 bits per heavy atom. The van der Waals surface area contributed by atoms with Crippen LogP contribution in [0.15, 0.2) is 0 Å². The van der Waals surface area contributed by atoms with Gasteiger partial charge in [-0.05, 0) is 12.2 Å². The fourth-order valence-corrected chi connectivity index (χ4v) is 1.85. The largest absolute Gasteiger partial charge is 0.343 e. The van der Waals surface area contributed by atoms with Crippen LogP contribution in [-0.2, 0) is 0 Å². The third kappa shape index (κ3) is 4.28. The van der Waals surface area contributed by atoms with Gasteiger partial charge in [0, 0.05) is 0 Å². The maximum atomic E-state index is 5.68. The van der Waals surface area contributed by atoms with E-state index in [2.05, 4.69) is 16.0 Å². The number of alkyl halides is 6. The smallest absolute Gasteiger partial charge is 0.223 e. The average molecular weight is 352 g/mol. The fraction of sp³-hybridized carbons (Fsp3) is 0.800. The maximum absolute atomic E-state index is 5.68. The molecule has 10 heteroatoms. The van der Waals surface area contributed by atoms with E-state index >= 15 is 0 Å². The Kier molecular flexibility index (Phi) is 4.76. The van der Waals surface area contributed by atoms with Gasteiger partial charge >= 0.3 is 0 Å². The van der Waals surface area contributed by atoms with Gasteiger partial charge in [0.05, 0.1) is 0 Å². The van der Waals surface area contributed by atoms with Crippen LogP contribution in [0, 0.1) is 0 Å². The second-order valence-electron chi connectivity index (χ2n) is 2.73. The van der Waals surface area contributed by atoms with E-state index in [1.54, 1.807) is 0 Å². The van der Waals surface area contributed by atoms with Gasteiger partial charge in [-0.1, -0.05) is 69.6 Å². The van der Waals surface area contributed by atoms with Crippen molar-refractivity contribution in [3.63, 3.8) is 0 Å². The second kappa shape index (κ2) is 4.94. The molecule has 0 spiro atoms. The fourth-order valence-electron chi connectivity index (χ4n) is 0.907. The molecule has 0 radical (unpaired) electrons. The first kappa shape index (κ1) is 14.5. The Labute approximate surface area is 122 Å². The number of nitrogens with one attached hydrogen (secondary N) is 3. The molecule has 88 valence electrons. The zero-order chi connectivity index (χ0) is 11.9. The molecule has 0 aromatic carbocycles. The van der Waals surface area contributed by atoms with Crippen LogP contribution in [0.5, 0.6) is 0 Å². The SMILES string of the molecule is S=C1NC(C(Cl)(Cl)Cl)NC(C(Cl)(Cl)Cl)N1. The van der Waals surface area contributed by atoms with Crippen LogP contribution in [0.3, 0.4) is 0 Å². The number of hydrogen-bond acceptors (Lipinski definition) is 2. The van der Waals surface area contributed by atoms with Crippen LogP contribution >= 0.6 is 81.8 Å². The molecule has 0 aromatic heterocycles. The summed E-state index contributed by atoms with van der Waals surface area (Å²) in [5.41, 5.74) is 0.